The monoisotopic (exact) mass is 212 g/mol. The second kappa shape index (κ2) is 14.9. The molecule has 0 bridgehead atoms. The second-order valence-corrected chi connectivity index (χ2v) is 2.76. The van der Waals surface area contributed by atoms with Crippen molar-refractivity contribution in [2.45, 2.75) is 39.0 Å². The summed E-state index contributed by atoms with van der Waals surface area (Å²) in [6.07, 6.45) is 10.1. The van der Waals surface area contributed by atoms with Gasteiger partial charge in [0.15, 0.2) is 6.61 Å². The molecular weight excluding hydrogens is 196 g/mol. The van der Waals surface area contributed by atoms with Gasteiger partial charge in [0.05, 0.1) is 0 Å². The van der Waals surface area contributed by atoms with Crippen molar-refractivity contribution in [2.24, 2.45) is 0 Å². The molecule has 0 unspecified atom stereocenters. The van der Waals surface area contributed by atoms with Gasteiger partial charge in [0.1, 0.15) is 0 Å². The lowest BCUT2D eigenvalue weighted by Gasteiger charge is -1.99. The Hall–Kier alpha value is -1.59. The number of carbonyl (C=O) groups excluding carboxylic acids is 3. The maximum Gasteiger partial charge on any atom is 0.373 e. The smallest absolute Gasteiger partial charge is 0.373 e. The molecule has 0 atom stereocenters. The van der Waals surface area contributed by atoms with Crippen molar-refractivity contribution in [3.05, 3.63) is 0 Å². The molecule has 0 heterocycles. The first-order valence-corrected chi connectivity index (χ1v) is 4.81. The van der Waals surface area contributed by atoms with E-state index in [1.165, 1.54) is 12.8 Å². The average Bonchev–Trinajstić information content (AvgIpc) is 2.23. The number of esters is 1. The van der Waals surface area contributed by atoms with Gasteiger partial charge in [0.2, 0.25) is 0 Å². The number of carbonyl (C=O) groups is 1. The molecule has 0 aliphatic rings. The zero-order valence-electron chi connectivity index (χ0n) is 8.95. The van der Waals surface area contributed by atoms with Gasteiger partial charge in [-0.3, -0.25) is 4.79 Å². The first-order chi connectivity index (χ1) is 7.22. The Kier molecular flexibility index (Phi) is 15.8. The lowest BCUT2D eigenvalue weighted by molar-refractivity contribution is -0.191. The van der Waals surface area contributed by atoms with E-state index in [2.05, 4.69) is 12.8 Å². The van der Waals surface area contributed by atoms with Gasteiger partial charge in [-0.25, -0.2) is 0 Å². The van der Waals surface area contributed by atoms with Crippen LogP contribution in [-0.2, 0) is 19.1 Å². The first kappa shape index (κ1) is 15.9. The van der Waals surface area contributed by atoms with Crippen LogP contribution in [0.4, 0.5) is 0 Å². The van der Waals surface area contributed by atoms with Crippen LogP contribution in [0.3, 0.4) is 0 Å². The van der Waals surface area contributed by atoms with Gasteiger partial charge in [0, 0.05) is 6.42 Å². The number of ether oxygens (including phenoxy) is 1. The van der Waals surface area contributed by atoms with Crippen molar-refractivity contribution in [3.8, 4) is 12.3 Å². The van der Waals surface area contributed by atoms with E-state index in [4.69, 9.17) is 20.7 Å². The fourth-order valence-corrected chi connectivity index (χ4v) is 0.890. The Morgan fingerprint density at radius 1 is 1.27 bits per heavy atom. The van der Waals surface area contributed by atoms with Gasteiger partial charge < -0.3 is 4.74 Å². The summed E-state index contributed by atoms with van der Waals surface area (Å²) in [5.41, 5.74) is 0. The maximum absolute atomic E-state index is 10.8. The van der Waals surface area contributed by atoms with Crippen molar-refractivity contribution in [2.75, 3.05) is 6.61 Å². The summed E-state index contributed by atoms with van der Waals surface area (Å²) in [6, 6.07) is 0. The van der Waals surface area contributed by atoms with E-state index in [-0.39, 0.29) is 18.7 Å². The van der Waals surface area contributed by atoms with Crippen molar-refractivity contribution in [3.63, 3.8) is 0 Å². The number of terminal acetylenes is 1. The molecule has 0 saturated carbocycles. The van der Waals surface area contributed by atoms with E-state index in [1.54, 1.807) is 0 Å². The van der Waals surface area contributed by atoms with Crippen LogP contribution in [0.2, 0.25) is 0 Å². The van der Waals surface area contributed by atoms with Gasteiger partial charge >= 0.3 is 12.1 Å². The molecule has 0 aliphatic heterocycles. The van der Waals surface area contributed by atoms with E-state index in [0.717, 1.165) is 12.8 Å². The van der Waals surface area contributed by atoms with Crippen LogP contribution >= 0.6 is 0 Å². The van der Waals surface area contributed by atoms with Crippen LogP contribution in [0, 0.1) is 12.3 Å². The zero-order valence-corrected chi connectivity index (χ0v) is 8.95. The normalized spacial score (nSPS) is 7.73. The molecule has 0 aliphatic carbocycles. The minimum Gasteiger partial charge on any atom is -0.452 e. The summed E-state index contributed by atoms with van der Waals surface area (Å²) < 4.78 is 4.70. The third-order valence-electron chi connectivity index (χ3n) is 1.55. The molecule has 0 rings (SSSR count). The Morgan fingerprint density at radius 2 is 1.87 bits per heavy atom. The molecule has 0 saturated heterocycles. The van der Waals surface area contributed by atoms with E-state index >= 15 is 0 Å². The van der Waals surface area contributed by atoms with E-state index in [0.29, 0.717) is 6.42 Å². The molecule has 4 nitrogen and oxygen atoms in total. The predicted octanol–water partition coefficient (Wildman–Crippen LogP) is 1.55. The summed E-state index contributed by atoms with van der Waals surface area (Å²) in [5, 5.41) is 0. The third-order valence-corrected chi connectivity index (χ3v) is 1.55. The molecule has 0 aromatic heterocycles. The predicted molar refractivity (Wildman–Crippen MR) is 53.6 cm³/mol. The summed E-state index contributed by atoms with van der Waals surface area (Å²) in [4.78, 5) is 27.1. The highest BCUT2D eigenvalue weighted by molar-refractivity contribution is 5.69. The molecule has 4 heteroatoms. The quantitative estimate of drug-likeness (QED) is 0.381. The summed E-state index contributed by atoms with van der Waals surface area (Å²) in [6.45, 7) is 2.24. The molecule has 84 valence electrons. The van der Waals surface area contributed by atoms with Crippen LogP contribution < -0.4 is 0 Å². The number of unbranched alkanes of at least 4 members (excludes halogenated alkanes) is 3. The Morgan fingerprint density at radius 3 is 2.33 bits per heavy atom. The third kappa shape index (κ3) is 19.0. The van der Waals surface area contributed by atoms with Crippen molar-refractivity contribution < 1.29 is 19.1 Å². The molecule has 0 spiro atoms. The van der Waals surface area contributed by atoms with Gasteiger partial charge in [-0.1, -0.05) is 32.1 Å². The highest BCUT2D eigenvalue weighted by Crippen LogP contribution is 2.02. The molecule has 0 N–H and O–H groups in total. The number of hydrogen-bond acceptors (Lipinski definition) is 4. The number of hydrogen-bond donors (Lipinski definition) is 0. The minimum atomic E-state index is -0.177. The molecule has 0 fully saturated rings. The fraction of sp³-hybridized carbons (Fsp3) is 0.636. The Bertz CT molecular complexity index is 221. The van der Waals surface area contributed by atoms with E-state index < -0.39 is 0 Å². The van der Waals surface area contributed by atoms with Gasteiger partial charge in [-0.15, -0.1) is 6.42 Å². The Balaban J connectivity index is 0. The van der Waals surface area contributed by atoms with Crippen molar-refractivity contribution >= 4 is 12.1 Å². The standard InChI is InChI=1S/C10H16O2.CO2/c1-3-5-6-7-8-10(11)12-9-4-2;2-1-3/h2H,3,5-9H2,1H3;. The van der Waals surface area contributed by atoms with Crippen molar-refractivity contribution in [1.29, 1.82) is 0 Å². The highest BCUT2D eigenvalue weighted by atomic mass is 16.5. The topological polar surface area (TPSA) is 60.4 Å². The summed E-state index contributed by atoms with van der Waals surface area (Å²) in [5.74, 6) is 2.08. The first-order valence-electron chi connectivity index (χ1n) is 4.81. The second-order valence-electron chi connectivity index (χ2n) is 2.76. The lowest BCUT2D eigenvalue weighted by atomic mass is 10.2. The lowest BCUT2D eigenvalue weighted by Crippen LogP contribution is -2.03. The highest BCUT2D eigenvalue weighted by Gasteiger charge is 1.99. The number of rotatable bonds is 6. The largest absolute Gasteiger partial charge is 0.452 e. The van der Waals surface area contributed by atoms with Gasteiger partial charge in [0.25, 0.3) is 0 Å². The van der Waals surface area contributed by atoms with Crippen molar-refractivity contribution in [1.82, 2.24) is 0 Å². The van der Waals surface area contributed by atoms with Gasteiger partial charge in [-0.05, 0) is 6.42 Å². The average molecular weight is 212 g/mol. The molecule has 15 heavy (non-hydrogen) atoms. The Labute approximate surface area is 90.0 Å². The zero-order chi connectivity index (χ0) is 11.9. The SMILES string of the molecule is C#CCOC(=O)CCCCCC.O=C=O. The molecular formula is C11H16O4. The van der Waals surface area contributed by atoms with Crippen LogP contribution in [-0.4, -0.2) is 18.7 Å². The fourth-order valence-electron chi connectivity index (χ4n) is 0.890. The molecule has 0 radical (unpaired) electrons. The van der Waals surface area contributed by atoms with Crippen LogP contribution in [0.15, 0.2) is 0 Å². The summed E-state index contributed by atoms with van der Waals surface area (Å²) >= 11 is 0. The van der Waals surface area contributed by atoms with E-state index in [9.17, 15) is 4.79 Å². The van der Waals surface area contributed by atoms with Crippen LogP contribution in [0.25, 0.3) is 0 Å². The minimum absolute atomic E-state index is 0.104. The van der Waals surface area contributed by atoms with Gasteiger partial charge in [-0.2, -0.15) is 9.59 Å². The van der Waals surface area contributed by atoms with Crippen LogP contribution in [0.5, 0.6) is 0 Å². The summed E-state index contributed by atoms with van der Waals surface area (Å²) in [7, 11) is 0. The molecule has 0 aromatic rings. The maximum atomic E-state index is 10.8. The molecule has 0 aromatic carbocycles. The van der Waals surface area contributed by atoms with E-state index in [1.807, 2.05) is 0 Å². The van der Waals surface area contributed by atoms with Crippen LogP contribution in [0.1, 0.15) is 39.0 Å². The molecule has 0 amide bonds.